The second kappa shape index (κ2) is 9.10. The third kappa shape index (κ3) is 5.66. The molecule has 138 valence electrons. The number of thiophene rings is 1. The maximum Gasteiger partial charge on any atom is 0.264 e. The Morgan fingerprint density at radius 2 is 1.92 bits per heavy atom. The van der Waals surface area contributed by atoms with Gasteiger partial charge in [-0.1, -0.05) is 18.2 Å². The molecule has 26 heavy (non-hydrogen) atoms. The van der Waals surface area contributed by atoms with E-state index in [1.807, 2.05) is 0 Å². The van der Waals surface area contributed by atoms with E-state index in [9.17, 15) is 18.8 Å². The van der Waals surface area contributed by atoms with E-state index >= 15 is 0 Å². The maximum atomic E-state index is 12.9. The minimum absolute atomic E-state index is 0.0482. The zero-order valence-electron chi connectivity index (χ0n) is 14.3. The number of nitrogens with two attached hydrogens (primary N) is 1. The maximum absolute atomic E-state index is 12.9. The van der Waals surface area contributed by atoms with Gasteiger partial charge < -0.3 is 16.0 Å². The van der Waals surface area contributed by atoms with E-state index < -0.39 is 11.8 Å². The van der Waals surface area contributed by atoms with E-state index in [-0.39, 0.29) is 30.7 Å². The molecule has 2 aromatic rings. The Labute approximate surface area is 154 Å². The van der Waals surface area contributed by atoms with Crippen LogP contribution in [0.4, 0.5) is 4.39 Å². The molecule has 1 atom stereocenters. The number of primary amides is 1. The Balaban J connectivity index is 1.85. The molecule has 3 amide bonds. The lowest BCUT2D eigenvalue weighted by atomic mass is 9.98. The van der Waals surface area contributed by atoms with E-state index in [1.54, 1.807) is 29.6 Å². The minimum Gasteiger partial charge on any atom is -0.369 e. The van der Waals surface area contributed by atoms with Gasteiger partial charge in [0.2, 0.25) is 11.8 Å². The van der Waals surface area contributed by atoms with Crippen LogP contribution in [0.2, 0.25) is 0 Å². The topological polar surface area (TPSA) is 92.5 Å². The summed E-state index contributed by atoms with van der Waals surface area (Å²) in [5.74, 6) is -2.17. The highest BCUT2D eigenvalue weighted by atomic mass is 32.1. The summed E-state index contributed by atoms with van der Waals surface area (Å²) in [6.07, 6.45) is 0.292. The molecule has 1 heterocycles. The smallest absolute Gasteiger partial charge is 0.264 e. The number of carbonyl (C=O) groups excluding carboxylic acids is 3. The molecule has 2 rings (SSSR count). The van der Waals surface area contributed by atoms with Gasteiger partial charge in [0.15, 0.2) is 0 Å². The molecule has 0 aliphatic rings. The van der Waals surface area contributed by atoms with Crippen LogP contribution >= 0.6 is 11.3 Å². The Morgan fingerprint density at radius 3 is 2.50 bits per heavy atom. The number of benzene rings is 1. The zero-order valence-corrected chi connectivity index (χ0v) is 15.1. The monoisotopic (exact) mass is 377 g/mol. The molecule has 0 radical (unpaired) electrons. The second-order valence-electron chi connectivity index (χ2n) is 5.87. The summed E-state index contributed by atoms with van der Waals surface area (Å²) >= 11 is 1.30. The Kier molecular flexibility index (Phi) is 6.85. The first-order chi connectivity index (χ1) is 12.4. The fourth-order valence-electron chi connectivity index (χ4n) is 2.35. The van der Waals surface area contributed by atoms with Gasteiger partial charge in [0, 0.05) is 13.6 Å². The van der Waals surface area contributed by atoms with E-state index in [1.165, 1.54) is 35.4 Å². The number of amides is 3. The summed E-state index contributed by atoms with van der Waals surface area (Å²) in [7, 11) is 1.53. The summed E-state index contributed by atoms with van der Waals surface area (Å²) in [6, 6.07) is 9.20. The van der Waals surface area contributed by atoms with Crippen molar-refractivity contribution in [3.05, 3.63) is 58.0 Å². The lowest BCUT2D eigenvalue weighted by molar-refractivity contribution is -0.123. The van der Waals surface area contributed by atoms with Crippen LogP contribution in [-0.4, -0.2) is 42.8 Å². The Hall–Kier alpha value is -2.74. The van der Waals surface area contributed by atoms with Crippen LogP contribution in [0.15, 0.2) is 41.8 Å². The van der Waals surface area contributed by atoms with E-state index in [4.69, 9.17) is 5.73 Å². The third-order valence-electron chi connectivity index (χ3n) is 3.80. The number of rotatable bonds is 8. The first kappa shape index (κ1) is 19.6. The number of nitrogens with one attached hydrogen (secondary N) is 1. The van der Waals surface area contributed by atoms with Crippen LogP contribution in [0, 0.1) is 11.7 Å². The van der Waals surface area contributed by atoms with E-state index in [0.29, 0.717) is 11.3 Å². The van der Waals surface area contributed by atoms with Gasteiger partial charge >= 0.3 is 0 Å². The predicted octanol–water partition coefficient (Wildman–Crippen LogP) is 1.42. The van der Waals surface area contributed by atoms with Crippen LogP contribution in [0.25, 0.3) is 0 Å². The van der Waals surface area contributed by atoms with Gasteiger partial charge in [-0.25, -0.2) is 4.39 Å². The normalized spacial score (nSPS) is 11.6. The summed E-state index contributed by atoms with van der Waals surface area (Å²) in [5.41, 5.74) is 6.13. The van der Waals surface area contributed by atoms with Crippen molar-refractivity contribution >= 4 is 29.1 Å². The van der Waals surface area contributed by atoms with Crippen molar-refractivity contribution < 1.29 is 18.8 Å². The van der Waals surface area contributed by atoms with Gasteiger partial charge in [0.05, 0.1) is 17.3 Å². The quantitative estimate of drug-likeness (QED) is 0.729. The second-order valence-corrected chi connectivity index (χ2v) is 6.82. The largest absolute Gasteiger partial charge is 0.369 e. The first-order valence-electron chi connectivity index (χ1n) is 7.96. The van der Waals surface area contributed by atoms with E-state index in [2.05, 4.69) is 5.32 Å². The lowest BCUT2D eigenvalue weighted by Gasteiger charge is -2.18. The van der Waals surface area contributed by atoms with Crippen LogP contribution in [-0.2, 0) is 16.0 Å². The highest BCUT2D eigenvalue weighted by molar-refractivity contribution is 7.12. The predicted molar refractivity (Wildman–Crippen MR) is 97.1 cm³/mol. The summed E-state index contributed by atoms with van der Waals surface area (Å²) in [6.45, 7) is -0.0780. The van der Waals surface area contributed by atoms with Gasteiger partial charge in [-0.05, 0) is 35.6 Å². The molecular weight excluding hydrogens is 357 g/mol. The molecule has 1 aromatic heterocycles. The number of hydrogen-bond donors (Lipinski definition) is 2. The van der Waals surface area contributed by atoms with Crippen molar-refractivity contribution in [3.63, 3.8) is 0 Å². The fraction of sp³-hybridized carbons (Fsp3) is 0.278. The van der Waals surface area contributed by atoms with Crippen LogP contribution < -0.4 is 11.1 Å². The Morgan fingerprint density at radius 1 is 1.23 bits per heavy atom. The molecule has 3 N–H and O–H groups in total. The minimum atomic E-state index is -0.622. The first-order valence-corrected chi connectivity index (χ1v) is 8.84. The molecule has 1 aromatic carbocycles. The molecule has 0 aliphatic heterocycles. The van der Waals surface area contributed by atoms with Crippen molar-refractivity contribution in [1.29, 1.82) is 0 Å². The number of halogens is 1. The number of carbonyl (C=O) groups is 3. The van der Waals surface area contributed by atoms with Gasteiger partial charge in [-0.3, -0.25) is 14.4 Å². The molecule has 0 spiro atoms. The van der Waals surface area contributed by atoms with Gasteiger partial charge in [-0.15, -0.1) is 11.3 Å². The van der Waals surface area contributed by atoms with Crippen molar-refractivity contribution in [1.82, 2.24) is 10.2 Å². The van der Waals surface area contributed by atoms with Crippen LogP contribution in [0.5, 0.6) is 0 Å². The molecule has 0 saturated carbocycles. The van der Waals surface area contributed by atoms with Crippen molar-refractivity contribution in [2.75, 3.05) is 20.1 Å². The standard InChI is InChI=1S/C18H20FN3O3S/c1-22(18(25)15-3-2-8-26-15)11-16(23)21-10-13(17(20)24)9-12-4-6-14(19)7-5-12/h2-8,13H,9-11H2,1H3,(H2,20,24)(H,21,23). The number of nitrogens with zero attached hydrogens (tertiary/aromatic N) is 1. The molecule has 8 heteroatoms. The van der Waals surface area contributed by atoms with Crippen molar-refractivity contribution in [3.8, 4) is 0 Å². The van der Waals surface area contributed by atoms with Crippen molar-refractivity contribution in [2.24, 2.45) is 11.7 Å². The molecule has 0 saturated heterocycles. The molecule has 1 unspecified atom stereocenters. The number of hydrogen-bond acceptors (Lipinski definition) is 4. The van der Waals surface area contributed by atoms with Crippen LogP contribution in [0.3, 0.4) is 0 Å². The van der Waals surface area contributed by atoms with Gasteiger partial charge in [-0.2, -0.15) is 0 Å². The molecular formula is C18H20FN3O3S. The van der Waals surface area contributed by atoms with E-state index in [0.717, 1.165) is 5.56 Å². The average Bonchev–Trinajstić information content (AvgIpc) is 3.13. The van der Waals surface area contributed by atoms with Crippen molar-refractivity contribution in [2.45, 2.75) is 6.42 Å². The summed E-state index contributed by atoms with van der Waals surface area (Å²) < 4.78 is 12.9. The zero-order chi connectivity index (χ0) is 19.1. The summed E-state index contributed by atoms with van der Waals surface area (Å²) in [4.78, 5) is 37.6. The molecule has 0 bridgehead atoms. The highest BCUT2D eigenvalue weighted by Crippen LogP contribution is 2.11. The lowest BCUT2D eigenvalue weighted by Crippen LogP contribution is -2.42. The fourth-order valence-corrected chi connectivity index (χ4v) is 3.06. The molecule has 0 fully saturated rings. The van der Waals surface area contributed by atoms with Crippen LogP contribution in [0.1, 0.15) is 15.2 Å². The average molecular weight is 377 g/mol. The highest BCUT2D eigenvalue weighted by Gasteiger charge is 2.19. The third-order valence-corrected chi connectivity index (χ3v) is 4.66. The molecule has 0 aliphatic carbocycles. The summed E-state index contributed by atoms with van der Waals surface area (Å²) in [5, 5.41) is 4.41. The SMILES string of the molecule is CN(CC(=O)NCC(Cc1ccc(F)cc1)C(N)=O)C(=O)c1cccs1. The Bertz CT molecular complexity index is 762. The van der Waals surface area contributed by atoms with Gasteiger partial charge in [0.1, 0.15) is 5.82 Å². The molecule has 6 nitrogen and oxygen atoms in total. The van der Waals surface area contributed by atoms with Gasteiger partial charge in [0.25, 0.3) is 5.91 Å². The number of likely N-dealkylation sites (N-methyl/N-ethyl adjacent to an activating group) is 1.